The molecule has 36 heavy (non-hydrogen) atoms. The Bertz CT molecular complexity index is 1210. The van der Waals surface area contributed by atoms with E-state index in [0.717, 1.165) is 31.5 Å². The Balaban J connectivity index is 1.37. The van der Waals surface area contributed by atoms with Crippen LogP contribution in [-0.2, 0) is 22.3 Å². The normalized spacial score (nSPS) is 16.8. The number of morpholine rings is 1. The molecule has 0 unspecified atom stereocenters. The van der Waals surface area contributed by atoms with Crippen molar-refractivity contribution >= 4 is 28.8 Å². The van der Waals surface area contributed by atoms with E-state index in [9.17, 15) is 18.0 Å². The number of alkyl halides is 3. The number of ether oxygens (including phenoxy) is 1. The summed E-state index contributed by atoms with van der Waals surface area (Å²) >= 11 is 0. The maximum Gasteiger partial charge on any atom is 0.416 e. The lowest BCUT2D eigenvalue weighted by Gasteiger charge is -2.27. The van der Waals surface area contributed by atoms with E-state index in [4.69, 9.17) is 14.7 Å². The Kier molecular flexibility index (Phi) is 6.95. The fourth-order valence-corrected chi connectivity index (χ4v) is 4.49. The quantitative estimate of drug-likeness (QED) is 0.473. The van der Waals surface area contributed by atoms with Gasteiger partial charge in [-0.3, -0.25) is 4.79 Å². The molecule has 0 spiro atoms. The molecule has 5 rings (SSSR count). The molecular weight excluding hydrogens is 475 g/mol. The van der Waals surface area contributed by atoms with Gasteiger partial charge in [-0.2, -0.15) is 23.1 Å². The van der Waals surface area contributed by atoms with Crippen LogP contribution in [-0.4, -0.2) is 76.3 Å². The minimum atomic E-state index is -4.37. The van der Waals surface area contributed by atoms with Crippen molar-refractivity contribution in [3.05, 3.63) is 41.7 Å². The number of carbonyl (C=O) groups is 1. The van der Waals surface area contributed by atoms with Gasteiger partial charge in [-0.25, -0.2) is 4.98 Å². The third-order valence-electron chi connectivity index (χ3n) is 6.45. The van der Waals surface area contributed by atoms with E-state index in [2.05, 4.69) is 10.3 Å². The Morgan fingerprint density at radius 1 is 1.06 bits per heavy atom. The number of amides is 1. The van der Waals surface area contributed by atoms with E-state index in [1.165, 1.54) is 12.1 Å². The highest BCUT2D eigenvalue weighted by Crippen LogP contribution is 2.29. The highest BCUT2D eigenvalue weighted by molar-refractivity contribution is 5.84. The van der Waals surface area contributed by atoms with Crippen LogP contribution in [0.2, 0.25) is 0 Å². The molecule has 9 nitrogen and oxygen atoms in total. The van der Waals surface area contributed by atoms with E-state index in [0.29, 0.717) is 80.9 Å². The molecule has 2 saturated heterocycles. The van der Waals surface area contributed by atoms with Gasteiger partial charge in [0.25, 0.3) is 0 Å². The van der Waals surface area contributed by atoms with Crippen molar-refractivity contribution in [1.29, 1.82) is 0 Å². The standard InChI is InChI=1S/C24H28F3N7O2/c25-24(26,27)18-6-4-17(5-7-18)15-34-16-29-20-21(28-8-2-10-32-9-1-3-19(32)35)30-23(31-22(20)34)33-11-13-36-14-12-33/h4-7,16H,1-3,8-15H2,(H,28,30,31). The van der Waals surface area contributed by atoms with Crippen LogP contribution in [0, 0.1) is 0 Å². The van der Waals surface area contributed by atoms with Gasteiger partial charge in [-0.05, 0) is 30.5 Å². The van der Waals surface area contributed by atoms with Crippen LogP contribution in [0.5, 0.6) is 0 Å². The van der Waals surface area contributed by atoms with Gasteiger partial charge < -0.3 is 24.4 Å². The molecule has 0 aliphatic carbocycles. The summed E-state index contributed by atoms with van der Waals surface area (Å²) in [4.78, 5) is 29.8. The number of carbonyl (C=O) groups excluding carboxylic acids is 1. The number of rotatable bonds is 8. The first kappa shape index (κ1) is 24.3. The molecule has 12 heteroatoms. The zero-order valence-electron chi connectivity index (χ0n) is 19.8. The van der Waals surface area contributed by atoms with Crippen molar-refractivity contribution in [2.24, 2.45) is 0 Å². The zero-order chi connectivity index (χ0) is 25.1. The Labute approximate surface area is 206 Å². The van der Waals surface area contributed by atoms with Crippen molar-refractivity contribution in [2.75, 3.05) is 56.2 Å². The fourth-order valence-electron chi connectivity index (χ4n) is 4.49. The number of anilines is 2. The summed E-state index contributed by atoms with van der Waals surface area (Å²) in [6.45, 7) is 4.93. The minimum absolute atomic E-state index is 0.205. The van der Waals surface area contributed by atoms with Crippen LogP contribution in [0.1, 0.15) is 30.4 Å². The van der Waals surface area contributed by atoms with Gasteiger partial charge in [-0.1, -0.05) is 12.1 Å². The maximum atomic E-state index is 12.9. The molecule has 2 aromatic heterocycles. The lowest BCUT2D eigenvalue weighted by Crippen LogP contribution is -2.37. The van der Waals surface area contributed by atoms with Crippen molar-refractivity contribution in [2.45, 2.75) is 32.0 Å². The second kappa shape index (κ2) is 10.3. The molecule has 0 bridgehead atoms. The number of benzene rings is 1. The van der Waals surface area contributed by atoms with Crippen LogP contribution >= 0.6 is 0 Å². The summed E-state index contributed by atoms with van der Waals surface area (Å²) in [5.41, 5.74) is 1.22. The summed E-state index contributed by atoms with van der Waals surface area (Å²) < 4.78 is 46.1. The van der Waals surface area contributed by atoms with Crippen LogP contribution in [0.3, 0.4) is 0 Å². The second-order valence-corrected chi connectivity index (χ2v) is 8.98. The van der Waals surface area contributed by atoms with Crippen molar-refractivity contribution in [1.82, 2.24) is 24.4 Å². The van der Waals surface area contributed by atoms with Crippen molar-refractivity contribution in [3.63, 3.8) is 0 Å². The Morgan fingerprint density at radius 2 is 1.83 bits per heavy atom. The highest BCUT2D eigenvalue weighted by Gasteiger charge is 2.30. The summed E-state index contributed by atoms with van der Waals surface area (Å²) in [6.07, 6.45) is -0.426. The van der Waals surface area contributed by atoms with Crippen LogP contribution < -0.4 is 10.2 Å². The predicted octanol–water partition coefficient (Wildman–Crippen LogP) is 3.15. The number of likely N-dealkylation sites (tertiary alicyclic amines) is 1. The molecule has 3 aromatic rings. The second-order valence-electron chi connectivity index (χ2n) is 8.98. The number of hydrogen-bond donors (Lipinski definition) is 1. The predicted molar refractivity (Wildman–Crippen MR) is 128 cm³/mol. The van der Waals surface area contributed by atoms with Crippen molar-refractivity contribution in [3.8, 4) is 0 Å². The molecule has 2 fully saturated rings. The fraction of sp³-hybridized carbons (Fsp3) is 0.500. The van der Waals surface area contributed by atoms with E-state index in [1.54, 1.807) is 6.33 Å². The highest BCUT2D eigenvalue weighted by atomic mass is 19.4. The molecule has 1 aromatic carbocycles. The molecule has 0 radical (unpaired) electrons. The van der Waals surface area contributed by atoms with Crippen LogP contribution in [0.25, 0.3) is 11.2 Å². The monoisotopic (exact) mass is 503 g/mol. The number of hydrogen-bond acceptors (Lipinski definition) is 7. The third-order valence-corrected chi connectivity index (χ3v) is 6.45. The average molecular weight is 504 g/mol. The first-order chi connectivity index (χ1) is 17.4. The Hall–Kier alpha value is -3.41. The summed E-state index contributed by atoms with van der Waals surface area (Å²) in [7, 11) is 0. The van der Waals surface area contributed by atoms with Crippen LogP contribution in [0.4, 0.5) is 24.9 Å². The van der Waals surface area contributed by atoms with Gasteiger partial charge in [0.2, 0.25) is 11.9 Å². The first-order valence-corrected chi connectivity index (χ1v) is 12.1. The SMILES string of the molecule is O=C1CCCN1CCCNc1nc(N2CCOCC2)nc2c1ncn2Cc1ccc(C(F)(F)F)cc1. The summed E-state index contributed by atoms with van der Waals surface area (Å²) in [5, 5.41) is 3.36. The molecule has 1 amide bonds. The largest absolute Gasteiger partial charge is 0.416 e. The number of nitrogens with zero attached hydrogens (tertiary/aromatic N) is 6. The lowest BCUT2D eigenvalue weighted by atomic mass is 10.1. The van der Waals surface area contributed by atoms with E-state index in [-0.39, 0.29) is 5.91 Å². The maximum absolute atomic E-state index is 12.9. The minimum Gasteiger partial charge on any atom is -0.378 e. The Morgan fingerprint density at radius 3 is 2.53 bits per heavy atom. The molecule has 1 N–H and O–H groups in total. The lowest BCUT2D eigenvalue weighted by molar-refractivity contribution is -0.137. The number of fused-ring (bicyclic) bond motifs is 1. The zero-order valence-corrected chi connectivity index (χ0v) is 19.8. The summed E-state index contributed by atoms with van der Waals surface area (Å²) in [6, 6.07) is 5.11. The molecule has 2 aliphatic rings. The average Bonchev–Trinajstić information content (AvgIpc) is 3.48. The molecule has 192 valence electrons. The number of aromatic nitrogens is 4. The smallest absolute Gasteiger partial charge is 0.378 e. The van der Waals surface area contributed by atoms with E-state index >= 15 is 0 Å². The van der Waals surface area contributed by atoms with Crippen LogP contribution in [0.15, 0.2) is 30.6 Å². The topological polar surface area (TPSA) is 88.4 Å². The molecule has 0 atom stereocenters. The summed E-state index contributed by atoms with van der Waals surface area (Å²) in [5.74, 6) is 1.36. The third kappa shape index (κ3) is 5.38. The van der Waals surface area contributed by atoms with Gasteiger partial charge >= 0.3 is 6.18 Å². The van der Waals surface area contributed by atoms with Gasteiger partial charge in [-0.15, -0.1) is 0 Å². The van der Waals surface area contributed by atoms with Gasteiger partial charge in [0.05, 0.1) is 31.6 Å². The molecular formula is C24H28F3N7O2. The number of imidazole rings is 1. The molecule has 2 aliphatic heterocycles. The van der Waals surface area contributed by atoms with Gasteiger partial charge in [0.15, 0.2) is 17.0 Å². The van der Waals surface area contributed by atoms with Gasteiger partial charge in [0.1, 0.15) is 0 Å². The number of halogens is 3. The van der Waals surface area contributed by atoms with Crippen molar-refractivity contribution < 1.29 is 22.7 Å². The number of nitrogens with one attached hydrogen (secondary N) is 1. The van der Waals surface area contributed by atoms with E-state index in [1.807, 2.05) is 14.4 Å². The first-order valence-electron chi connectivity index (χ1n) is 12.1. The molecule has 4 heterocycles. The molecule has 0 saturated carbocycles. The van der Waals surface area contributed by atoms with E-state index < -0.39 is 11.7 Å². The van der Waals surface area contributed by atoms with Gasteiger partial charge in [0, 0.05) is 39.1 Å².